The molecule has 0 radical (unpaired) electrons. The van der Waals surface area contributed by atoms with Gasteiger partial charge >= 0.3 is 11.7 Å². The van der Waals surface area contributed by atoms with Crippen LogP contribution in [-0.2, 0) is 9.53 Å². The molecule has 0 aromatic carbocycles. The molecule has 1 aromatic heterocycles. The largest absolute Gasteiger partial charge is 0.463 e. The van der Waals surface area contributed by atoms with Gasteiger partial charge in [0.1, 0.15) is 24.1 Å². The fourth-order valence-electron chi connectivity index (χ4n) is 2.87. The maximum Gasteiger partial charge on any atom is 0.329 e. The van der Waals surface area contributed by atoms with E-state index in [2.05, 4.69) is 10.3 Å². The summed E-state index contributed by atoms with van der Waals surface area (Å²) in [5.41, 5.74) is -1.21. The number of aromatic amines is 1. The van der Waals surface area contributed by atoms with Crippen molar-refractivity contribution in [2.24, 2.45) is 0 Å². The number of carbonyl (C=O) groups is 1. The van der Waals surface area contributed by atoms with Crippen LogP contribution in [0.3, 0.4) is 0 Å². The van der Waals surface area contributed by atoms with E-state index in [9.17, 15) is 24.6 Å². The first kappa shape index (κ1) is 17.2. The van der Waals surface area contributed by atoms with E-state index < -0.39 is 34.1 Å². The number of nitrogens with one attached hydrogen (secondary N) is 2. The molecule has 10 heteroatoms. The van der Waals surface area contributed by atoms with E-state index in [1.54, 1.807) is 0 Å². The smallest absolute Gasteiger partial charge is 0.329 e. The number of aromatic nitrogens is 2. The van der Waals surface area contributed by atoms with Crippen LogP contribution in [0, 0.1) is 0 Å². The fourth-order valence-corrected chi connectivity index (χ4v) is 4.32. The average Bonchev–Trinajstić information content (AvgIpc) is 3.17. The number of H-pyrrole nitrogens is 1. The molecule has 2 aliphatic rings. The zero-order chi connectivity index (χ0) is 17.3. The van der Waals surface area contributed by atoms with Crippen LogP contribution in [-0.4, -0.2) is 62.4 Å². The second kappa shape index (κ2) is 7.09. The van der Waals surface area contributed by atoms with Gasteiger partial charge in [0.2, 0.25) is 0 Å². The SMILES string of the molecule is O=C(OC[C@H]1S[C@@H](n2ccc(=O)[nH]c2=O)C(O)C1O)[C@H]1CCCN1. The third-order valence-corrected chi connectivity index (χ3v) is 5.75. The molecule has 2 fully saturated rings. The topological polar surface area (TPSA) is 134 Å². The zero-order valence-electron chi connectivity index (χ0n) is 12.8. The molecule has 132 valence electrons. The van der Waals surface area contributed by atoms with Crippen LogP contribution >= 0.6 is 11.8 Å². The lowest BCUT2D eigenvalue weighted by Gasteiger charge is -2.17. The summed E-state index contributed by atoms with van der Waals surface area (Å²) < 4.78 is 6.38. The molecule has 2 unspecified atom stereocenters. The number of ether oxygens (including phenoxy) is 1. The molecule has 5 atom stereocenters. The Kier molecular flexibility index (Phi) is 5.09. The monoisotopic (exact) mass is 357 g/mol. The van der Waals surface area contributed by atoms with E-state index in [0.717, 1.165) is 35.7 Å². The molecule has 2 saturated heterocycles. The summed E-state index contributed by atoms with van der Waals surface area (Å²) in [7, 11) is 0. The van der Waals surface area contributed by atoms with Gasteiger partial charge in [-0.15, -0.1) is 11.8 Å². The standard InChI is InChI=1S/C14H19N3O6S/c18-9-3-5-17(14(22)16-9)12-11(20)10(19)8(24-12)6-23-13(21)7-2-1-4-15-7/h3,5,7-8,10-12,15,19-20H,1-2,4,6H2,(H,16,18,22)/t7-,8-,10?,11?,12-/m1/s1. The van der Waals surface area contributed by atoms with Gasteiger partial charge in [-0.2, -0.15) is 0 Å². The summed E-state index contributed by atoms with van der Waals surface area (Å²) in [6, 6.07) is 0.844. The minimum Gasteiger partial charge on any atom is -0.463 e. The van der Waals surface area contributed by atoms with Crippen molar-refractivity contribution in [1.29, 1.82) is 0 Å². The molecule has 2 aliphatic heterocycles. The van der Waals surface area contributed by atoms with Crippen molar-refractivity contribution in [3.8, 4) is 0 Å². The summed E-state index contributed by atoms with van der Waals surface area (Å²) in [4.78, 5) is 37.0. The summed E-state index contributed by atoms with van der Waals surface area (Å²) >= 11 is 1.13. The minimum atomic E-state index is -1.22. The lowest BCUT2D eigenvalue weighted by Crippen LogP contribution is -2.38. The fraction of sp³-hybridized carbons (Fsp3) is 0.643. The molecule has 24 heavy (non-hydrogen) atoms. The quantitative estimate of drug-likeness (QED) is 0.462. The van der Waals surface area contributed by atoms with Crippen molar-refractivity contribution in [1.82, 2.24) is 14.9 Å². The van der Waals surface area contributed by atoms with Crippen LogP contribution in [0.2, 0.25) is 0 Å². The molecule has 0 bridgehead atoms. The second-order valence-corrected chi connectivity index (χ2v) is 7.20. The Morgan fingerprint density at radius 3 is 2.83 bits per heavy atom. The predicted octanol–water partition coefficient (Wildman–Crippen LogP) is -1.83. The number of aliphatic hydroxyl groups excluding tert-OH is 2. The van der Waals surface area contributed by atoms with Gasteiger partial charge in [0.05, 0.1) is 11.4 Å². The summed E-state index contributed by atoms with van der Waals surface area (Å²) in [6.45, 7) is 0.713. The molecule has 0 saturated carbocycles. The summed E-state index contributed by atoms with van der Waals surface area (Å²) in [5, 5.41) is 22.0. The number of hydrogen-bond donors (Lipinski definition) is 4. The van der Waals surface area contributed by atoms with Gasteiger partial charge < -0.3 is 20.3 Å². The molecule has 3 heterocycles. The van der Waals surface area contributed by atoms with Crippen LogP contribution in [0.1, 0.15) is 18.2 Å². The Balaban J connectivity index is 1.65. The first-order valence-corrected chi connectivity index (χ1v) is 8.65. The molecule has 0 spiro atoms. The zero-order valence-corrected chi connectivity index (χ0v) is 13.6. The van der Waals surface area contributed by atoms with Crippen molar-refractivity contribution >= 4 is 17.7 Å². The van der Waals surface area contributed by atoms with Crippen molar-refractivity contribution in [3.63, 3.8) is 0 Å². The summed E-state index contributed by atoms with van der Waals surface area (Å²) in [6.07, 6.45) is 0.536. The van der Waals surface area contributed by atoms with Crippen LogP contribution in [0.5, 0.6) is 0 Å². The van der Waals surface area contributed by atoms with Gasteiger partial charge in [-0.3, -0.25) is 19.1 Å². The Hall–Kier alpha value is -1.62. The highest BCUT2D eigenvalue weighted by atomic mass is 32.2. The normalized spacial score (nSPS) is 32.8. The number of esters is 1. The number of hydrogen-bond acceptors (Lipinski definition) is 8. The minimum absolute atomic E-state index is 0.0610. The summed E-state index contributed by atoms with van der Waals surface area (Å²) in [5.74, 6) is -0.376. The van der Waals surface area contributed by atoms with Crippen molar-refractivity contribution in [2.75, 3.05) is 13.2 Å². The molecule has 9 nitrogen and oxygen atoms in total. The Bertz CT molecular complexity index is 713. The Morgan fingerprint density at radius 1 is 1.38 bits per heavy atom. The van der Waals surface area contributed by atoms with Crippen LogP contribution in [0.25, 0.3) is 0 Å². The van der Waals surface area contributed by atoms with E-state index in [-0.39, 0.29) is 18.6 Å². The molecular weight excluding hydrogens is 338 g/mol. The Labute approximate surface area is 141 Å². The van der Waals surface area contributed by atoms with Gasteiger partial charge in [-0.1, -0.05) is 0 Å². The molecule has 1 aromatic rings. The van der Waals surface area contributed by atoms with Gasteiger partial charge in [-0.05, 0) is 19.4 Å². The highest BCUT2D eigenvalue weighted by Gasteiger charge is 2.44. The van der Waals surface area contributed by atoms with Gasteiger partial charge in [-0.25, -0.2) is 4.79 Å². The predicted molar refractivity (Wildman–Crippen MR) is 85.7 cm³/mol. The lowest BCUT2D eigenvalue weighted by atomic mass is 10.1. The number of aliphatic hydroxyl groups is 2. The highest BCUT2D eigenvalue weighted by molar-refractivity contribution is 8.00. The van der Waals surface area contributed by atoms with Crippen molar-refractivity contribution < 1.29 is 19.7 Å². The van der Waals surface area contributed by atoms with Crippen molar-refractivity contribution in [2.45, 2.75) is 41.7 Å². The number of nitrogens with zero attached hydrogens (tertiary/aromatic N) is 1. The molecule has 3 rings (SSSR count). The Morgan fingerprint density at radius 2 is 2.17 bits per heavy atom. The van der Waals surface area contributed by atoms with Crippen LogP contribution < -0.4 is 16.6 Å². The molecular formula is C14H19N3O6S. The van der Waals surface area contributed by atoms with Gasteiger partial charge in [0.15, 0.2) is 0 Å². The average molecular weight is 357 g/mol. The highest BCUT2D eigenvalue weighted by Crippen LogP contribution is 2.41. The number of thioether (sulfide) groups is 1. The van der Waals surface area contributed by atoms with E-state index >= 15 is 0 Å². The number of carbonyl (C=O) groups excluding carboxylic acids is 1. The third-order valence-electron chi connectivity index (χ3n) is 4.20. The lowest BCUT2D eigenvalue weighted by molar-refractivity contribution is -0.146. The molecule has 0 amide bonds. The maximum atomic E-state index is 11.9. The van der Waals surface area contributed by atoms with Crippen LogP contribution in [0.4, 0.5) is 0 Å². The third kappa shape index (κ3) is 3.41. The van der Waals surface area contributed by atoms with E-state index in [1.165, 1.54) is 12.3 Å². The van der Waals surface area contributed by atoms with Gasteiger partial charge in [0.25, 0.3) is 5.56 Å². The van der Waals surface area contributed by atoms with Crippen LogP contribution in [0.15, 0.2) is 21.9 Å². The van der Waals surface area contributed by atoms with E-state index in [1.807, 2.05) is 0 Å². The molecule has 4 N–H and O–H groups in total. The van der Waals surface area contributed by atoms with Crippen molar-refractivity contribution in [3.05, 3.63) is 33.1 Å². The first-order valence-electron chi connectivity index (χ1n) is 7.70. The molecule has 0 aliphatic carbocycles. The van der Waals surface area contributed by atoms with E-state index in [4.69, 9.17) is 4.74 Å². The number of rotatable bonds is 4. The van der Waals surface area contributed by atoms with Gasteiger partial charge in [0, 0.05) is 12.3 Å². The first-order chi connectivity index (χ1) is 11.5. The maximum absolute atomic E-state index is 11.9. The second-order valence-electron chi connectivity index (χ2n) is 5.84. The van der Waals surface area contributed by atoms with E-state index in [0.29, 0.717) is 0 Å².